The number of amides is 1. The van der Waals surface area contributed by atoms with Crippen molar-refractivity contribution >= 4 is 31.2 Å². The molecule has 0 aliphatic rings. The largest absolute Gasteiger partial charge is 0.481 e. The third-order valence-corrected chi connectivity index (χ3v) is 5.36. The summed E-state index contributed by atoms with van der Waals surface area (Å²) in [6, 6.07) is -2.29. The van der Waals surface area contributed by atoms with Gasteiger partial charge < -0.3 is 31.7 Å². The fraction of sp³-hybridized carbons (Fsp3) is 0.800. The van der Waals surface area contributed by atoms with Crippen molar-refractivity contribution in [2.45, 2.75) is 37.1 Å². The van der Waals surface area contributed by atoms with Gasteiger partial charge in [0.1, 0.15) is 0 Å². The topological polar surface area (TPSA) is 176 Å². The average molecular weight is 343 g/mol. The van der Waals surface area contributed by atoms with Crippen LogP contribution in [0.1, 0.15) is 19.8 Å². The van der Waals surface area contributed by atoms with Gasteiger partial charge in [-0.05, 0) is 25.4 Å². The van der Waals surface area contributed by atoms with Crippen molar-refractivity contribution in [1.29, 1.82) is 0 Å². The Morgan fingerprint density at radius 1 is 1.38 bits per heavy atom. The molecule has 0 saturated carbocycles. The molecular weight excluding hydrogens is 321 g/mol. The number of hydrogen-bond donors (Lipinski definition) is 6. The van der Waals surface area contributed by atoms with Crippen molar-refractivity contribution in [3.63, 3.8) is 0 Å². The van der Waals surface area contributed by atoms with Crippen molar-refractivity contribution in [3.05, 3.63) is 0 Å². The highest BCUT2D eigenvalue weighted by atomic mass is 32.2. The minimum Gasteiger partial charge on any atom is -0.481 e. The lowest BCUT2D eigenvalue weighted by Crippen LogP contribution is -2.62. The molecule has 0 heterocycles. The summed E-state index contributed by atoms with van der Waals surface area (Å²) in [6.07, 6.45) is 1.10. The van der Waals surface area contributed by atoms with E-state index >= 15 is 0 Å². The minimum absolute atomic E-state index is 0.288. The van der Waals surface area contributed by atoms with E-state index in [1.165, 1.54) is 18.7 Å². The Hall–Kier alpha value is -0.640. The first-order valence-corrected chi connectivity index (χ1v) is 9.08. The van der Waals surface area contributed by atoms with Crippen LogP contribution in [-0.2, 0) is 14.2 Å². The standard InChI is InChI=1S/C10H22N3O6PS/c1-6(11)10(5-8(14)15,20(17,18)19)13-9(16)7(12)3-4-21-2/h6-7H,3-5,11-12H2,1-2H3,(H,13,16)(H,14,15)(H2,17,18,19)/t6?,7-,10?/m0/s1. The van der Waals surface area contributed by atoms with Crippen molar-refractivity contribution in [2.75, 3.05) is 12.0 Å². The molecular formula is C10H22N3O6PS. The van der Waals surface area contributed by atoms with Crippen LogP contribution in [0.5, 0.6) is 0 Å². The summed E-state index contributed by atoms with van der Waals surface area (Å²) in [5.41, 5.74) is 11.2. The van der Waals surface area contributed by atoms with Crippen molar-refractivity contribution < 1.29 is 29.0 Å². The van der Waals surface area contributed by atoms with Gasteiger partial charge in [0.25, 0.3) is 0 Å². The van der Waals surface area contributed by atoms with Crippen LogP contribution in [0.2, 0.25) is 0 Å². The molecule has 3 atom stereocenters. The average Bonchev–Trinajstić information content (AvgIpc) is 2.32. The Kier molecular flexibility index (Phi) is 7.87. The van der Waals surface area contributed by atoms with Crippen LogP contribution in [-0.4, -0.2) is 56.1 Å². The number of rotatable bonds is 9. The second kappa shape index (κ2) is 8.11. The zero-order chi connectivity index (χ0) is 16.8. The molecule has 8 N–H and O–H groups in total. The number of aliphatic carboxylic acids is 1. The van der Waals surface area contributed by atoms with E-state index in [1.807, 2.05) is 6.26 Å². The molecule has 21 heavy (non-hydrogen) atoms. The number of thioether (sulfide) groups is 1. The fourth-order valence-corrected chi connectivity index (χ4v) is 3.29. The highest BCUT2D eigenvalue weighted by Gasteiger charge is 2.53. The highest BCUT2D eigenvalue weighted by Crippen LogP contribution is 2.52. The van der Waals surface area contributed by atoms with Crippen LogP contribution < -0.4 is 16.8 Å². The van der Waals surface area contributed by atoms with Gasteiger partial charge in [0.15, 0.2) is 5.28 Å². The number of carbonyl (C=O) groups excluding carboxylic acids is 1. The predicted octanol–water partition coefficient (Wildman–Crippen LogP) is -1.12. The molecule has 0 radical (unpaired) electrons. The first-order valence-electron chi connectivity index (χ1n) is 6.07. The molecule has 1 amide bonds. The summed E-state index contributed by atoms with van der Waals surface area (Å²) in [4.78, 5) is 41.8. The van der Waals surface area contributed by atoms with Gasteiger partial charge in [0, 0.05) is 6.04 Å². The predicted molar refractivity (Wildman–Crippen MR) is 79.8 cm³/mol. The van der Waals surface area contributed by atoms with Gasteiger partial charge in [-0.15, -0.1) is 0 Å². The van der Waals surface area contributed by atoms with Crippen LogP contribution in [0.4, 0.5) is 0 Å². The third-order valence-electron chi connectivity index (χ3n) is 3.00. The molecule has 0 rings (SSSR count). The van der Waals surface area contributed by atoms with Crippen LogP contribution in [0.25, 0.3) is 0 Å². The van der Waals surface area contributed by atoms with E-state index < -0.39 is 43.3 Å². The lowest BCUT2D eigenvalue weighted by molar-refractivity contribution is -0.138. The SMILES string of the molecule is CSCC[C@H](N)C(=O)NC(CC(=O)O)(C(C)N)P(=O)(O)O. The van der Waals surface area contributed by atoms with Crippen molar-refractivity contribution in [3.8, 4) is 0 Å². The number of carbonyl (C=O) groups is 2. The van der Waals surface area contributed by atoms with Crippen LogP contribution in [0.3, 0.4) is 0 Å². The first-order chi connectivity index (χ1) is 9.48. The monoisotopic (exact) mass is 343 g/mol. The maximum Gasteiger partial charge on any atom is 0.352 e. The zero-order valence-electron chi connectivity index (χ0n) is 11.9. The molecule has 9 nitrogen and oxygen atoms in total. The molecule has 0 aromatic rings. The number of hydrogen-bond acceptors (Lipinski definition) is 6. The second-order valence-corrected chi connectivity index (χ2v) is 7.58. The van der Waals surface area contributed by atoms with Gasteiger partial charge in [-0.25, -0.2) is 0 Å². The van der Waals surface area contributed by atoms with E-state index in [2.05, 4.69) is 5.32 Å². The summed E-state index contributed by atoms with van der Waals surface area (Å²) in [5, 5.41) is 8.56. The van der Waals surface area contributed by atoms with Crippen molar-refractivity contribution in [1.82, 2.24) is 5.32 Å². The van der Waals surface area contributed by atoms with Gasteiger partial charge in [-0.1, -0.05) is 0 Å². The molecule has 0 saturated heterocycles. The van der Waals surface area contributed by atoms with E-state index in [1.54, 1.807) is 0 Å². The van der Waals surface area contributed by atoms with Gasteiger partial charge in [-0.2, -0.15) is 11.8 Å². The number of carboxylic acid groups (broad SMARTS) is 1. The molecule has 2 unspecified atom stereocenters. The molecule has 124 valence electrons. The Bertz CT molecular complexity index is 429. The molecule has 0 fully saturated rings. The molecule has 0 aromatic heterocycles. The van der Waals surface area contributed by atoms with E-state index in [0.29, 0.717) is 5.75 Å². The van der Waals surface area contributed by atoms with Crippen LogP contribution in [0, 0.1) is 0 Å². The molecule has 0 bridgehead atoms. The van der Waals surface area contributed by atoms with Crippen molar-refractivity contribution in [2.24, 2.45) is 11.5 Å². The summed E-state index contributed by atoms with van der Waals surface area (Å²) < 4.78 is 11.7. The summed E-state index contributed by atoms with van der Waals surface area (Å²) >= 11 is 1.46. The lowest BCUT2D eigenvalue weighted by atomic mass is 10.1. The van der Waals surface area contributed by atoms with Crippen LogP contribution >= 0.6 is 19.4 Å². The van der Waals surface area contributed by atoms with Gasteiger partial charge in [0.05, 0.1) is 12.5 Å². The number of nitrogens with two attached hydrogens (primary N) is 2. The first kappa shape index (κ1) is 20.4. The van der Waals surface area contributed by atoms with Gasteiger partial charge >= 0.3 is 13.6 Å². The Labute approximate surface area is 127 Å². The van der Waals surface area contributed by atoms with E-state index in [9.17, 15) is 23.9 Å². The van der Waals surface area contributed by atoms with Gasteiger partial charge in [0.2, 0.25) is 5.91 Å². The Balaban J connectivity index is 5.37. The highest BCUT2D eigenvalue weighted by molar-refractivity contribution is 7.98. The molecule has 0 aliphatic heterocycles. The summed E-state index contributed by atoms with van der Waals surface area (Å²) in [6.45, 7) is 1.22. The third kappa shape index (κ3) is 5.57. The van der Waals surface area contributed by atoms with E-state index in [0.717, 1.165) is 0 Å². The number of carboxylic acids is 1. The lowest BCUT2D eigenvalue weighted by Gasteiger charge is -2.37. The minimum atomic E-state index is -5.03. The normalized spacial score (nSPS) is 17.6. The fourth-order valence-electron chi connectivity index (χ4n) is 1.67. The van der Waals surface area contributed by atoms with Gasteiger partial charge in [-0.3, -0.25) is 14.2 Å². The molecule has 11 heteroatoms. The smallest absolute Gasteiger partial charge is 0.352 e. The quantitative estimate of drug-likeness (QED) is 0.283. The van der Waals surface area contributed by atoms with Crippen LogP contribution in [0.15, 0.2) is 0 Å². The van der Waals surface area contributed by atoms with E-state index in [-0.39, 0.29) is 6.42 Å². The molecule has 0 aliphatic carbocycles. The summed E-state index contributed by atoms with van der Waals surface area (Å²) in [5.74, 6) is -1.76. The van der Waals surface area contributed by atoms with E-state index in [4.69, 9.17) is 16.6 Å². The second-order valence-electron chi connectivity index (χ2n) is 4.70. The Morgan fingerprint density at radius 3 is 2.24 bits per heavy atom. The maximum atomic E-state index is 12.0. The molecule has 0 aromatic carbocycles. The summed E-state index contributed by atoms with van der Waals surface area (Å²) in [7, 11) is -5.03. The number of nitrogens with one attached hydrogen (secondary N) is 1. The maximum absolute atomic E-state index is 12.0. The Morgan fingerprint density at radius 2 is 1.90 bits per heavy atom. The zero-order valence-corrected chi connectivity index (χ0v) is 13.6. The molecule has 0 spiro atoms.